The van der Waals surface area contributed by atoms with Gasteiger partial charge in [0.15, 0.2) is 0 Å². The molecular weight excluding hydrogens is 425 g/mol. The molecule has 6 nitrogen and oxygen atoms in total. The molecule has 31 heavy (non-hydrogen) atoms. The first-order valence-electron chi connectivity index (χ1n) is 10.7. The van der Waals surface area contributed by atoms with Gasteiger partial charge in [0.1, 0.15) is 5.84 Å². The first-order chi connectivity index (χ1) is 14.7. The van der Waals surface area contributed by atoms with Crippen LogP contribution in [-0.2, 0) is 6.18 Å². The molecule has 1 fully saturated rings. The van der Waals surface area contributed by atoms with Gasteiger partial charge in [-0.1, -0.05) is 25.8 Å². The number of aliphatic imine (C=N–C) groups is 1. The van der Waals surface area contributed by atoms with Gasteiger partial charge in [-0.15, -0.1) is 0 Å². The third-order valence-corrected chi connectivity index (χ3v) is 6.23. The van der Waals surface area contributed by atoms with E-state index >= 15 is 0 Å². The molecule has 10 heteroatoms. The van der Waals surface area contributed by atoms with E-state index in [0.717, 1.165) is 44.4 Å². The number of rotatable bonds is 8. The SMILES string of the molecule is CCN/C(=N/C=C(\C)c1nc(NC2CCN(SC)CC2)ncc1C(F)(F)F)C(C)CC. The molecule has 0 radical (unpaired) electrons. The summed E-state index contributed by atoms with van der Waals surface area (Å²) in [6.07, 6.45) is 2.48. The summed E-state index contributed by atoms with van der Waals surface area (Å²) in [5, 5.41) is 6.40. The Morgan fingerprint density at radius 2 is 2.03 bits per heavy atom. The van der Waals surface area contributed by atoms with Crippen molar-refractivity contribution in [3.8, 4) is 0 Å². The van der Waals surface area contributed by atoms with Crippen LogP contribution in [0.25, 0.3) is 5.57 Å². The first kappa shape index (κ1) is 25.5. The van der Waals surface area contributed by atoms with Crippen LogP contribution in [0.2, 0.25) is 0 Å². The summed E-state index contributed by atoms with van der Waals surface area (Å²) in [6, 6.07) is 0.140. The van der Waals surface area contributed by atoms with Gasteiger partial charge in [0.2, 0.25) is 5.95 Å². The summed E-state index contributed by atoms with van der Waals surface area (Å²) in [4.78, 5) is 12.6. The van der Waals surface area contributed by atoms with Gasteiger partial charge in [0.25, 0.3) is 0 Å². The Morgan fingerprint density at radius 3 is 2.58 bits per heavy atom. The number of aromatic nitrogens is 2. The maximum absolute atomic E-state index is 13.6. The molecule has 0 bridgehead atoms. The van der Waals surface area contributed by atoms with Crippen molar-refractivity contribution in [1.29, 1.82) is 0 Å². The molecule has 0 amide bonds. The van der Waals surface area contributed by atoms with Crippen LogP contribution in [0.15, 0.2) is 17.4 Å². The van der Waals surface area contributed by atoms with E-state index < -0.39 is 11.7 Å². The molecule has 2 rings (SSSR count). The summed E-state index contributed by atoms with van der Waals surface area (Å²) in [6.45, 7) is 10.2. The molecule has 0 saturated carbocycles. The van der Waals surface area contributed by atoms with E-state index in [4.69, 9.17) is 0 Å². The minimum atomic E-state index is -4.54. The average molecular weight is 459 g/mol. The minimum absolute atomic E-state index is 0.140. The number of halogens is 3. The molecule has 1 aromatic heterocycles. The van der Waals surface area contributed by atoms with Gasteiger partial charge in [-0.3, -0.25) is 4.31 Å². The van der Waals surface area contributed by atoms with Crippen LogP contribution in [0, 0.1) is 5.92 Å². The highest BCUT2D eigenvalue weighted by Gasteiger charge is 2.35. The lowest BCUT2D eigenvalue weighted by molar-refractivity contribution is -0.138. The molecule has 1 unspecified atom stereocenters. The van der Waals surface area contributed by atoms with Gasteiger partial charge in [-0.05, 0) is 44.9 Å². The molecule has 1 saturated heterocycles. The maximum Gasteiger partial charge on any atom is 0.419 e. The number of alkyl halides is 3. The van der Waals surface area contributed by atoms with Gasteiger partial charge in [0.05, 0.1) is 11.3 Å². The van der Waals surface area contributed by atoms with Crippen LogP contribution in [-0.4, -0.2) is 52.0 Å². The van der Waals surface area contributed by atoms with Crippen molar-refractivity contribution in [2.45, 2.75) is 59.2 Å². The summed E-state index contributed by atoms with van der Waals surface area (Å²) in [7, 11) is 0. The number of anilines is 1. The van der Waals surface area contributed by atoms with Crippen molar-refractivity contribution in [2.75, 3.05) is 31.2 Å². The zero-order chi connectivity index (χ0) is 23.0. The van der Waals surface area contributed by atoms with Crippen LogP contribution < -0.4 is 10.6 Å². The highest BCUT2D eigenvalue weighted by molar-refractivity contribution is 7.96. The molecule has 1 aliphatic heterocycles. The monoisotopic (exact) mass is 458 g/mol. The predicted octanol–water partition coefficient (Wildman–Crippen LogP) is 5.06. The molecule has 0 aliphatic carbocycles. The molecule has 1 atom stereocenters. The van der Waals surface area contributed by atoms with Crippen molar-refractivity contribution in [2.24, 2.45) is 10.9 Å². The number of nitrogens with one attached hydrogen (secondary N) is 2. The molecule has 1 aromatic rings. The average Bonchev–Trinajstić information content (AvgIpc) is 2.75. The van der Waals surface area contributed by atoms with E-state index in [1.165, 1.54) is 6.20 Å². The number of nitrogens with zero attached hydrogens (tertiary/aromatic N) is 4. The lowest BCUT2D eigenvalue weighted by Crippen LogP contribution is -2.35. The van der Waals surface area contributed by atoms with Gasteiger partial charge < -0.3 is 10.6 Å². The lowest BCUT2D eigenvalue weighted by atomic mass is 10.1. The third-order valence-electron chi connectivity index (χ3n) is 5.35. The maximum atomic E-state index is 13.6. The number of hydrogen-bond donors (Lipinski definition) is 2. The minimum Gasteiger partial charge on any atom is -0.374 e. The zero-order valence-corrected chi connectivity index (χ0v) is 19.7. The fourth-order valence-corrected chi connectivity index (χ4v) is 3.85. The highest BCUT2D eigenvalue weighted by Crippen LogP contribution is 2.34. The Balaban J connectivity index is 2.31. The molecule has 174 valence electrons. The standard InChI is InChI=1S/C21H33F3N6S/c1-6-14(3)19(25-7-2)26-12-15(4)18-17(21(22,23)24)13-27-20(29-18)28-16-8-10-30(31-5)11-9-16/h12-14,16H,6-11H2,1-5H3,(H,25,26)(H,27,28,29)/b15-12+. The second kappa shape index (κ2) is 11.7. The summed E-state index contributed by atoms with van der Waals surface area (Å²) in [5.74, 6) is 1.16. The number of amidine groups is 1. The van der Waals surface area contributed by atoms with Crippen LogP contribution in [0.1, 0.15) is 58.2 Å². The Kier molecular flexibility index (Phi) is 9.61. The fourth-order valence-electron chi connectivity index (χ4n) is 3.27. The van der Waals surface area contributed by atoms with E-state index in [9.17, 15) is 13.2 Å². The Bertz CT molecular complexity index is 773. The van der Waals surface area contributed by atoms with E-state index in [1.807, 2.05) is 27.0 Å². The third kappa shape index (κ3) is 7.38. The van der Waals surface area contributed by atoms with E-state index in [0.29, 0.717) is 12.1 Å². The lowest BCUT2D eigenvalue weighted by Gasteiger charge is -2.30. The number of hydrogen-bond acceptors (Lipinski definition) is 6. The van der Waals surface area contributed by atoms with Gasteiger partial charge in [-0.2, -0.15) is 13.2 Å². The van der Waals surface area contributed by atoms with Crippen LogP contribution >= 0.6 is 11.9 Å². The molecule has 2 heterocycles. The topological polar surface area (TPSA) is 65.4 Å². The van der Waals surface area contributed by atoms with Gasteiger partial charge in [0, 0.05) is 44.0 Å². The van der Waals surface area contributed by atoms with Gasteiger partial charge in [-0.25, -0.2) is 15.0 Å². The molecule has 1 aliphatic rings. The Labute approximate surface area is 187 Å². The van der Waals surface area contributed by atoms with Crippen molar-refractivity contribution in [1.82, 2.24) is 19.6 Å². The summed E-state index contributed by atoms with van der Waals surface area (Å²) < 4.78 is 43.1. The second-order valence-corrected chi connectivity index (χ2v) is 8.53. The largest absolute Gasteiger partial charge is 0.419 e. The van der Waals surface area contributed by atoms with Crippen molar-refractivity contribution >= 4 is 29.3 Å². The quantitative estimate of drug-likeness (QED) is 0.322. The second-order valence-electron chi connectivity index (χ2n) is 7.65. The van der Waals surface area contributed by atoms with Crippen LogP contribution in [0.5, 0.6) is 0 Å². The van der Waals surface area contributed by atoms with E-state index in [2.05, 4.69) is 29.9 Å². The van der Waals surface area contributed by atoms with E-state index in [-0.39, 0.29) is 23.6 Å². The normalized spacial score (nSPS) is 18.2. The fraction of sp³-hybridized carbons (Fsp3) is 0.667. The molecule has 0 aromatic carbocycles. The smallest absolute Gasteiger partial charge is 0.374 e. The van der Waals surface area contributed by atoms with Crippen molar-refractivity contribution in [3.05, 3.63) is 23.7 Å². The Hall–Kier alpha value is -1.81. The van der Waals surface area contributed by atoms with Gasteiger partial charge >= 0.3 is 6.18 Å². The highest BCUT2D eigenvalue weighted by atomic mass is 32.2. The molecule has 0 spiro atoms. The van der Waals surface area contributed by atoms with Crippen LogP contribution in [0.3, 0.4) is 0 Å². The number of allylic oxidation sites excluding steroid dienone is 1. The predicted molar refractivity (Wildman–Crippen MR) is 123 cm³/mol. The summed E-state index contributed by atoms with van der Waals surface area (Å²) in [5.41, 5.74) is -0.656. The molecule has 2 N–H and O–H groups in total. The van der Waals surface area contributed by atoms with Crippen molar-refractivity contribution in [3.63, 3.8) is 0 Å². The van der Waals surface area contributed by atoms with E-state index in [1.54, 1.807) is 18.9 Å². The van der Waals surface area contributed by atoms with Crippen LogP contribution in [0.4, 0.5) is 19.1 Å². The first-order valence-corrected chi connectivity index (χ1v) is 11.9. The summed E-state index contributed by atoms with van der Waals surface area (Å²) >= 11 is 1.70. The zero-order valence-electron chi connectivity index (χ0n) is 18.9. The number of piperidine rings is 1. The molecular formula is C21H33F3N6S. The Morgan fingerprint density at radius 1 is 1.35 bits per heavy atom. The van der Waals surface area contributed by atoms with Crippen molar-refractivity contribution < 1.29 is 13.2 Å².